The lowest BCUT2D eigenvalue weighted by Gasteiger charge is -2.34. The fourth-order valence-corrected chi connectivity index (χ4v) is 4.55. The molecule has 7 heteroatoms. The van der Waals surface area contributed by atoms with Gasteiger partial charge < -0.3 is 9.80 Å². The number of carbonyl (C=O) groups excluding carboxylic acids is 1. The summed E-state index contributed by atoms with van der Waals surface area (Å²) in [5.41, 5.74) is 2.72. The molecule has 2 heterocycles. The standard InChI is InChI=1S/C25H31FN4O.ClH/c1-3-29(15-12-19-8-10-21(26)11-9-19)18-20-13-16-30(17-14-20)25(31)24-22-6-4-5-7-23(22)27-28(24)2;/h4-11,20H,3,12-18H2,1-2H3;1H. The molecule has 1 aliphatic heterocycles. The third-order valence-electron chi connectivity index (χ3n) is 6.44. The Labute approximate surface area is 195 Å². The molecule has 5 nitrogen and oxygen atoms in total. The lowest BCUT2D eigenvalue weighted by Crippen LogP contribution is -2.42. The first-order chi connectivity index (χ1) is 15.0. The maximum Gasteiger partial charge on any atom is 0.272 e. The number of aromatic nitrogens is 2. The summed E-state index contributed by atoms with van der Waals surface area (Å²) < 4.78 is 14.8. The quantitative estimate of drug-likeness (QED) is 0.521. The van der Waals surface area contributed by atoms with Crippen molar-refractivity contribution in [1.29, 1.82) is 0 Å². The largest absolute Gasteiger partial charge is 0.337 e. The zero-order chi connectivity index (χ0) is 21.8. The minimum atomic E-state index is -0.184. The molecular formula is C25H32ClFN4O. The predicted octanol–water partition coefficient (Wildman–Crippen LogP) is 4.55. The number of aryl methyl sites for hydroxylation is 1. The van der Waals surface area contributed by atoms with Crippen LogP contribution in [0.3, 0.4) is 0 Å². The van der Waals surface area contributed by atoms with Gasteiger partial charge in [0.15, 0.2) is 0 Å². The van der Waals surface area contributed by atoms with E-state index in [0.29, 0.717) is 11.6 Å². The van der Waals surface area contributed by atoms with Gasteiger partial charge in [-0.05, 0) is 55.5 Å². The second kappa shape index (κ2) is 10.9. The summed E-state index contributed by atoms with van der Waals surface area (Å²) in [6.45, 7) is 6.80. The first-order valence-corrected chi connectivity index (χ1v) is 11.2. The van der Waals surface area contributed by atoms with E-state index in [0.717, 1.165) is 62.9 Å². The van der Waals surface area contributed by atoms with E-state index in [1.54, 1.807) is 4.68 Å². The monoisotopic (exact) mass is 458 g/mol. The van der Waals surface area contributed by atoms with Crippen LogP contribution in [0.4, 0.5) is 4.39 Å². The number of likely N-dealkylation sites (tertiary alicyclic amines) is 1. The molecule has 1 saturated heterocycles. The van der Waals surface area contributed by atoms with E-state index in [4.69, 9.17) is 0 Å². The van der Waals surface area contributed by atoms with Crippen molar-refractivity contribution in [3.05, 3.63) is 65.6 Å². The van der Waals surface area contributed by atoms with E-state index in [-0.39, 0.29) is 24.1 Å². The van der Waals surface area contributed by atoms with Gasteiger partial charge in [0, 0.05) is 38.6 Å². The summed E-state index contributed by atoms with van der Waals surface area (Å²) in [7, 11) is 1.85. The highest BCUT2D eigenvalue weighted by molar-refractivity contribution is 6.05. The van der Waals surface area contributed by atoms with Crippen LogP contribution in [0.1, 0.15) is 35.8 Å². The predicted molar refractivity (Wildman–Crippen MR) is 129 cm³/mol. The van der Waals surface area contributed by atoms with Crippen molar-refractivity contribution in [1.82, 2.24) is 19.6 Å². The summed E-state index contributed by atoms with van der Waals surface area (Å²) in [5.74, 6) is 0.496. The van der Waals surface area contributed by atoms with Crippen LogP contribution in [0.5, 0.6) is 0 Å². The molecule has 4 rings (SSSR count). The number of likely N-dealkylation sites (N-methyl/N-ethyl adjacent to an activating group) is 1. The number of nitrogens with zero attached hydrogens (tertiary/aromatic N) is 4. The lowest BCUT2D eigenvalue weighted by atomic mass is 9.95. The second-order valence-corrected chi connectivity index (χ2v) is 8.49. The number of halogens is 2. The Bertz CT molecular complexity index is 1030. The molecule has 0 aliphatic carbocycles. The van der Waals surface area contributed by atoms with Gasteiger partial charge in [-0.2, -0.15) is 5.10 Å². The van der Waals surface area contributed by atoms with Crippen LogP contribution < -0.4 is 0 Å². The van der Waals surface area contributed by atoms with Crippen LogP contribution in [-0.2, 0) is 13.5 Å². The normalized spacial score (nSPS) is 14.7. The van der Waals surface area contributed by atoms with Crippen molar-refractivity contribution in [3.8, 4) is 0 Å². The third-order valence-corrected chi connectivity index (χ3v) is 6.44. The Kier molecular flexibility index (Phi) is 8.26. The first kappa shape index (κ1) is 24.2. The van der Waals surface area contributed by atoms with Gasteiger partial charge in [0.05, 0.1) is 5.52 Å². The number of hydrogen-bond acceptors (Lipinski definition) is 3. The Hall–Kier alpha value is -2.44. The van der Waals surface area contributed by atoms with Crippen LogP contribution in [-0.4, -0.2) is 58.2 Å². The van der Waals surface area contributed by atoms with E-state index in [2.05, 4.69) is 16.9 Å². The van der Waals surface area contributed by atoms with E-state index in [1.807, 2.05) is 48.3 Å². The van der Waals surface area contributed by atoms with Crippen molar-refractivity contribution in [2.75, 3.05) is 32.7 Å². The Balaban J connectivity index is 0.00000289. The molecule has 1 fully saturated rings. The molecule has 1 aromatic heterocycles. The van der Waals surface area contributed by atoms with E-state index >= 15 is 0 Å². The van der Waals surface area contributed by atoms with Gasteiger partial charge in [-0.15, -0.1) is 12.4 Å². The zero-order valence-corrected chi connectivity index (χ0v) is 19.7. The van der Waals surface area contributed by atoms with Gasteiger partial charge in [-0.1, -0.05) is 37.3 Å². The maximum absolute atomic E-state index is 13.2. The van der Waals surface area contributed by atoms with Crippen molar-refractivity contribution < 1.29 is 9.18 Å². The number of piperidine rings is 1. The molecule has 0 N–H and O–H groups in total. The topological polar surface area (TPSA) is 41.4 Å². The van der Waals surface area contributed by atoms with Gasteiger partial charge in [0.1, 0.15) is 11.5 Å². The van der Waals surface area contributed by atoms with Crippen molar-refractivity contribution in [3.63, 3.8) is 0 Å². The Morgan fingerprint density at radius 2 is 1.81 bits per heavy atom. The molecule has 0 saturated carbocycles. The molecule has 0 radical (unpaired) electrons. The molecule has 172 valence electrons. The minimum absolute atomic E-state index is 0. The molecule has 0 atom stereocenters. The fraction of sp³-hybridized carbons (Fsp3) is 0.440. The highest BCUT2D eigenvalue weighted by atomic mass is 35.5. The van der Waals surface area contributed by atoms with Gasteiger partial charge in [-0.25, -0.2) is 4.39 Å². The fourth-order valence-electron chi connectivity index (χ4n) is 4.55. The first-order valence-electron chi connectivity index (χ1n) is 11.2. The molecular weight excluding hydrogens is 427 g/mol. The number of amides is 1. The number of rotatable bonds is 7. The third kappa shape index (κ3) is 5.48. The highest BCUT2D eigenvalue weighted by Gasteiger charge is 2.27. The Morgan fingerprint density at radius 3 is 2.50 bits per heavy atom. The maximum atomic E-state index is 13.2. The Morgan fingerprint density at radius 1 is 1.12 bits per heavy atom. The summed E-state index contributed by atoms with van der Waals surface area (Å²) in [4.78, 5) is 17.6. The minimum Gasteiger partial charge on any atom is -0.337 e. The molecule has 0 spiro atoms. The molecule has 0 bridgehead atoms. The summed E-state index contributed by atoms with van der Waals surface area (Å²) in [6.07, 6.45) is 2.97. The van der Waals surface area contributed by atoms with Crippen molar-refractivity contribution in [2.24, 2.45) is 13.0 Å². The van der Waals surface area contributed by atoms with Gasteiger partial charge in [0.25, 0.3) is 5.91 Å². The number of benzene rings is 2. The van der Waals surface area contributed by atoms with E-state index in [1.165, 1.54) is 17.7 Å². The van der Waals surface area contributed by atoms with Gasteiger partial charge in [-0.3, -0.25) is 9.48 Å². The zero-order valence-electron chi connectivity index (χ0n) is 18.8. The summed E-state index contributed by atoms with van der Waals surface area (Å²) in [5, 5.41) is 5.41. The molecule has 32 heavy (non-hydrogen) atoms. The summed E-state index contributed by atoms with van der Waals surface area (Å²) >= 11 is 0. The molecule has 2 aromatic carbocycles. The van der Waals surface area contributed by atoms with Crippen LogP contribution in [0, 0.1) is 11.7 Å². The van der Waals surface area contributed by atoms with Crippen LogP contribution in [0.2, 0.25) is 0 Å². The molecule has 1 aliphatic rings. The number of fused-ring (bicyclic) bond motifs is 1. The van der Waals surface area contributed by atoms with Gasteiger partial charge in [0.2, 0.25) is 0 Å². The molecule has 3 aromatic rings. The number of carbonyl (C=O) groups is 1. The second-order valence-electron chi connectivity index (χ2n) is 8.49. The number of hydrogen-bond donors (Lipinski definition) is 0. The van der Waals surface area contributed by atoms with E-state index in [9.17, 15) is 9.18 Å². The van der Waals surface area contributed by atoms with E-state index < -0.39 is 0 Å². The lowest BCUT2D eigenvalue weighted by molar-refractivity contribution is 0.0659. The van der Waals surface area contributed by atoms with Crippen LogP contribution in [0.15, 0.2) is 48.5 Å². The highest BCUT2D eigenvalue weighted by Crippen LogP contribution is 2.24. The average molecular weight is 459 g/mol. The van der Waals surface area contributed by atoms with Crippen LogP contribution >= 0.6 is 12.4 Å². The molecule has 0 unspecified atom stereocenters. The smallest absolute Gasteiger partial charge is 0.272 e. The van der Waals surface area contributed by atoms with Crippen LogP contribution in [0.25, 0.3) is 10.9 Å². The van der Waals surface area contributed by atoms with Crippen molar-refractivity contribution in [2.45, 2.75) is 26.2 Å². The van der Waals surface area contributed by atoms with Crippen molar-refractivity contribution >= 4 is 29.2 Å². The van der Waals surface area contributed by atoms with Gasteiger partial charge >= 0.3 is 0 Å². The SMILES string of the molecule is CCN(CCc1ccc(F)cc1)CC1CCN(C(=O)c2c3ccccc3nn2C)CC1.Cl. The summed E-state index contributed by atoms with van der Waals surface area (Å²) in [6, 6.07) is 14.6. The average Bonchev–Trinajstić information content (AvgIpc) is 3.13. The molecule has 1 amide bonds.